The molecule has 4 amide bonds. The highest BCUT2D eigenvalue weighted by atomic mass is 16.5. The number of nitrogens with zero attached hydrogens (tertiary/aromatic N) is 1. The Morgan fingerprint density at radius 3 is 2.08 bits per heavy atom. The molecule has 0 spiro atoms. The Labute approximate surface area is 216 Å². The topological polar surface area (TPSA) is 112 Å². The molecule has 1 aliphatic rings. The van der Waals surface area contributed by atoms with Crippen LogP contribution in [0.25, 0.3) is 0 Å². The van der Waals surface area contributed by atoms with Crippen molar-refractivity contribution in [3.05, 3.63) is 78.9 Å². The molecular formula is C28H31N5O4. The van der Waals surface area contributed by atoms with Crippen molar-refractivity contribution in [2.24, 2.45) is 0 Å². The number of nitrogens with one attached hydrogen (secondary N) is 4. The summed E-state index contributed by atoms with van der Waals surface area (Å²) in [5.41, 5.74) is 2.32. The molecule has 37 heavy (non-hydrogen) atoms. The molecule has 1 saturated heterocycles. The smallest absolute Gasteiger partial charge is 0.323 e. The zero-order valence-corrected chi connectivity index (χ0v) is 20.9. The predicted octanol–water partition coefficient (Wildman–Crippen LogP) is 4.34. The number of hydrogen-bond acceptors (Lipinski definition) is 5. The van der Waals surface area contributed by atoms with Crippen molar-refractivity contribution in [1.29, 1.82) is 0 Å². The van der Waals surface area contributed by atoms with Gasteiger partial charge in [0.1, 0.15) is 17.5 Å². The first kappa shape index (κ1) is 25.6. The summed E-state index contributed by atoms with van der Waals surface area (Å²) in [6.45, 7) is 4.54. The maximum Gasteiger partial charge on any atom is 0.323 e. The summed E-state index contributed by atoms with van der Waals surface area (Å²) in [6.07, 6.45) is 0.816. The fourth-order valence-electron chi connectivity index (χ4n) is 4.09. The van der Waals surface area contributed by atoms with E-state index in [0.717, 1.165) is 24.4 Å². The largest absolute Gasteiger partial charge is 0.457 e. The average molecular weight is 502 g/mol. The van der Waals surface area contributed by atoms with Crippen LogP contribution in [0, 0.1) is 0 Å². The summed E-state index contributed by atoms with van der Waals surface area (Å²) in [5.74, 6) is 1.00. The van der Waals surface area contributed by atoms with E-state index in [1.807, 2.05) is 54.6 Å². The molecule has 3 aromatic carbocycles. The van der Waals surface area contributed by atoms with Gasteiger partial charge in [-0.2, -0.15) is 0 Å². The summed E-state index contributed by atoms with van der Waals surface area (Å²) in [4.78, 5) is 38.0. The van der Waals surface area contributed by atoms with Crippen LogP contribution < -0.4 is 30.9 Å². The van der Waals surface area contributed by atoms with Crippen molar-refractivity contribution in [2.45, 2.75) is 32.4 Å². The Morgan fingerprint density at radius 2 is 1.46 bits per heavy atom. The van der Waals surface area contributed by atoms with Gasteiger partial charge in [0.15, 0.2) is 0 Å². The summed E-state index contributed by atoms with van der Waals surface area (Å²) < 4.78 is 5.77. The first-order valence-electron chi connectivity index (χ1n) is 12.2. The van der Waals surface area contributed by atoms with Crippen LogP contribution in [0.1, 0.15) is 20.3 Å². The Balaban J connectivity index is 1.23. The third-order valence-electron chi connectivity index (χ3n) is 5.93. The molecule has 4 rings (SSSR count). The van der Waals surface area contributed by atoms with E-state index in [0.29, 0.717) is 23.7 Å². The molecule has 2 unspecified atom stereocenters. The average Bonchev–Trinajstić information content (AvgIpc) is 3.34. The van der Waals surface area contributed by atoms with Crippen LogP contribution in [0.5, 0.6) is 11.5 Å². The molecule has 0 aliphatic carbocycles. The van der Waals surface area contributed by atoms with Gasteiger partial charge in [0.25, 0.3) is 0 Å². The lowest BCUT2D eigenvalue weighted by Crippen LogP contribution is -2.48. The highest BCUT2D eigenvalue weighted by Crippen LogP contribution is 2.24. The summed E-state index contributed by atoms with van der Waals surface area (Å²) in [5, 5.41) is 11.2. The second-order valence-electron chi connectivity index (χ2n) is 8.93. The number of para-hydroxylation sites is 1. The number of urea groups is 1. The van der Waals surface area contributed by atoms with Crippen LogP contribution >= 0.6 is 0 Å². The first-order valence-corrected chi connectivity index (χ1v) is 12.2. The summed E-state index contributed by atoms with van der Waals surface area (Å²) in [6, 6.07) is 23.3. The van der Waals surface area contributed by atoms with E-state index in [2.05, 4.69) is 26.2 Å². The van der Waals surface area contributed by atoms with Gasteiger partial charge in [-0.1, -0.05) is 18.2 Å². The minimum atomic E-state index is -0.566. The minimum Gasteiger partial charge on any atom is -0.457 e. The summed E-state index contributed by atoms with van der Waals surface area (Å²) in [7, 11) is 0. The molecule has 0 bridgehead atoms. The summed E-state index contributed by atoms with van der Waals surface area (Å²) >= 11 is 0. The fraction of sp³-hybridized carbons (Fsp3) is 0.250. The molecule has 0 saturated carbocycles. The van der Waals surface area contributed by atoms with Gasteiger partial charge < -0.3 is 30.9 Å². The molecule has 2 atom stereocenters. The monoisotopic (exact) mass is 501 g/mol. The minimum absolute atomic E-state index is 0.0109. The highest BCUT2D eigenvalue weighted by molar-refractivity contribution is 5.99. The van der Waals surface area contributed by atoms with E-state index in [1.165, 1.54) is 6.92 Å². The van der Waals surface area contributed by atoms with Gasteiger partial charge in [0, 0.05) is 43.1 Å². The van der Waals surface area contributed by atoms with Crippen molar-refractivity contribution in [3.8, 4) is 11.5 Å². The van der Waals surface area contributed by atoms with Crippen LogP contribution in [0.3, 0.4) is 0 Å². The standard InChI is InChI=1S/C28H31N5O4/c1-19(29-20(2)34)27(35)30-23-16-17-33(18-23)24-12-8-21(9-13-24)31-28(36)32-22-10-14-26(15-11-22)37-25-6-4-3-5-7-25/h3-15,19,23H,16-18H2,1-2H3,(H,29,34)(H,30,35)(H2,31,32,36). The first-order chi connectivity index (χ1) is 17.9. The number of hydrogen-bond donors (Lipinski definition) is 4. The molecule has 0 aromatic heterocycles. The van der Waals surface area contributed by atoms with E-state index in [9.17, 15) is 14.4 Å². The number of carbonyl (C=O) groups excluding carboxylic acids is 3. The molecule has 9 nitrogen and oxygen atoms in total. The number of carbonyl (C=O) groups is 3. The predicted molar refractivity (Wildman–Crippen MR) is 144 cm³/mol. The van der Waals surface area contributed by atoms with Gasteiger partial charge in [-0.15, -0.1) is 0 Å². The fourth-order valence-corrected chi connectivity index (χ4v) is 4.09. The zero-order valence-electron chi connectivity index (χ0n) is 20.9. The zero-order chi connectivity index (χ0) is 26.2. The quantitative estimate of drug-likeness (QED) is 0.367. The van der Waals surface area contributed by atoms with E-state index in [1.54, 1.807) is 31.2 Å². The third-order valence-corrected chi connectivity index (χ3v) is 5.93. The van der Waals surface area contributed by atoms with Crippen LogP contribution in [-0.2, 0) is 9.59 Å². The molecular weight excluding hydrogens is 470 g/mol. The number of ether oxygens (including phenoxy) is 1. The lowest BCUT2D eigenvalue weighted by molar-refractivity contribution is -0.128. The van der Waals surface area contributed by atoms with Crippen LogP contribution in [-0.4, -0.2) is 43.0 Å². The van der Waals surface area contributed by atoms with E-state index in [4.69, 9.17) is 4.74 Å². The van der Waals surface area contributed by atoms with Gasteiger partial charge in [-0.25, -0.2) is 4.79 Å². The second kappa shape index (κ2) is 11.9. The lowest BCUT2D eigenvalue weighted by Gasteiger charge is -2.20. The maximum absolute atomic E-state index is 12.4. The van der Waals surface area contributed by atoms with Crippen LogP contribution in [0.4, 0.5) is 21.9 Å². The van der Waals surface area contributed by atoms with Gasteiger partial charge in [-0.05, 0) is 74.0 Å². The van der Waals surface area contributed by atoms with Gasteiger partial charge in [-0.3, -0.25) is 9.59 Å². The third kappa shape index (κ3) is 7.47. The van der Waals surface area contributed by atoms with E-state index >= 15 is 0 Å². The number of benzene rings is 3. The molecule has 0 radical (unpaired) electrons. The van der Waals surface area contributed by atoms with Crippen molar-refractivity contribution in [3.63, 3.8) is 0 Å². The SMILES string of the molecule is CC(=O)NC(C)C(=O)NC1CCN(c2ccc(NC(=O)Nc3ccc(Oc4ccccc4)cc3)cc2)C1. The normalized spacial score (nSPS) is 15.4. The van der Waals surface area contributed by atoms with Crippen molar-refractivity contribution in [2.75, 3.05) is 28.6 Å². The Morgan fingerprint density at radius 1 is 0.865 bits per heavy atom. The molecule has 3 aromatic rings. The number of rotatable bonds is 8. The van der Waals surface area contributed by atoms with Gasteiger partial charge in [0.2, 0.25) is 11.8 Å². The van der Waals surface area contributed by atoms with Crippen molar-refractivity contribution >= 4 is 34.9 Å². The van der Waals surface area contributed by atoms with Crippen LogP contribution in [0.2, 0.25) is 0 Å². The second-order valence-corrected chi connectivity index (χ2v) is 8.93. The number of anilines is 3. The molecule has 192 valence electrons. The molecule has 1 fully saturated rings. The van der Waals surface area contributed by atoms with Gasteiger partial charge >= 0.3 is 6.03 Å². The molecule has 9 heteroatoms. The Bertz CT molecular complexity index is 1220. The van der Waals surface area contributed by atoms with Crippen molar-refractivity contribution < 1.29 is 19.1 Å². The Hall–Kier alpha value is -4.53. The molecule has 1 heterocycles. The van der Waals surface area contributed by atoms with E-state index in [-0.39, 0.29) is 23.9 Å². The highest BCUT2D eigenvalue weighted by Gasteiger charge is 2.26. The Kier molecular flexibility index (Phi) is 8.25. The van der Waals surface area contributed by atoms with Gasteiger partial charge in [0.05, 0.1) is 0 Å². The maximum atomic E-state index is 12.4. The number of amides is 4. The van der Waals surface area contributed by atoms with Crippen molar-refractivity contribution in [1.82, 2.24) is 10.6 Å². The lowest BCUT2D eigenvalue weighted by atomic mass is 10.2. The molecule has 1 aliphatic heterocycles. The molecule has 4 N–H and O–H groups in total. The van der Waals surface area contributed by atoms with E-state index < -0.39 is 6.04 Å². The van der Waals surface area contributed by atoms with Crippen LogP contribution in [0.15, 0.2) is 78.9 Å².